The van der Waals surface area contributed by atoms with Gasteiger partial charge in [-0.15, -0.1) is 0 Å². The lowest BCUT2D eigenvalue weighted by Crippen LogP contribution is -2.37. The molecule has 0 unspecified atom stereocenters. The fraction of sp³-hybridized carbons (Fsp3) is 0.258. The van der Waals surface area contributed by atoms with E-state index in [1.807, 2.05) is 17.0 Å². The highest BCUT2D eigenvalue weighted by Crippen LogP contribution is 2.34. The number of amides is 1. The number of aromatic nitrogens is 2. The number of halogens is 2. The van der Waals surface area contributed by atoms with Crippen LogP contribution < -0.4 is 14.8 Å². The van der Waals surface area contributed by atoms with Crippen molar-refractivity contribution in [2.75, 3.05) is 25.5 Å². The van der Waals surface area contributed by atoms with Crippen LogP contribution in [0.3, 0.4) is 0 Å². The fourth-order valence-electron chi connectivity index (χ4n) is 5.00. The molecule has 7 nitrogen and oxygen atoms in total. The molecule has 1 aliphatic rings. The number of piperidine rings is 1. The molecule has 0 spiro atoms. The largest absolute Gasteiger partial charge is 0.496 e. The van der Waals surface area contributed by atoms with Crippen molar-refractivity contribution < 1.29 is 18.7 Å². The number of carbonyl (C=O) groups is 1. The lowest BCUT2D eigenvalue weighted by Gasteiger charge is -2.31. The summed E-state index contributed by atoms with van der Waals surface area (Å²) in [6.07, 6.45) is 5.55. The van der Waals surface area contributed by atoms with Crippen LogP contribution >= 0.6 is 11.6 Å². The van der Waals surface area contributed by atoms with Gasteiger partial charge in [0.25, 0.3) is 0 Å². The van der Waals surface area contributed by atoms with Crippen LogP contribution in [0.15, 0.2) is 73.6 Å². The van der Waals surface area contributed by atoms with Crippen LogP contribution in [0.4, 0.5) is 15.9 Å². The van der Waals surface area contributed by atoms with Gasteiger partial charge >= 0.3 is 0 Å². The van der Waals surface area contributed by atoms with Crippen LogP contribution in [-0.2, 0) is 17.8 Å². The van der Waals surface area contributed by atoms with Gasteiger partial charge in [0.05, 0.1) is 17.6 Å². The van der Waals surface area contributed by atoms with Crippen molar-refractivity contribution in [1.82, 2.24) is 14.9 Å². The van der Waals surface area contributed by atoms with Gasteiger partial charge in [0.15, 0.2) is 0 Å². The fourth-order valence-corrected chi connectivity index (χ4v) is 5.23. The van der Waals surface area contributed by atoms with E-state index >= 15 is 0 Å². The molecule has 2 heterocycles. The Morgan fingerprint density at radius 1 is 1.15 bits per heavy atom. The second-order valence-electron chi connectivity index (χ2n) is 9.77. The molecule has 0 radical (unpaired) electrons. The number of methoxy groups -OCH3 is 1. The van der Waals surface area contributed by atoms with Crippen LogP contribution in [0, 0.1) is 11.7 Å². The summed E-state index contributed by atoms with van der Waals surface area (Å²) in [4.78, 5) is 22.7. The molecule has 0 saturated carbocycles. The molecule has 1 aliphatic heterocycles. The van der Waals surface area contributed by atoms with Crippen molar-refractivity contribution in [2.24, 2.45) is 5.92 Å². The molecule has 1 fully saturated rings. The standard InChI is InChI=1S/C31H30ClFN4O3/c1-3-30(38)37-11-9-20(10-12-37)13-22-15-25-27(17-29(22)39-2)34-19-35-31(25)36-24-7-8-28(26(32)16-24)40-18-21-5-4-6-23(33)14-21/h3-8,14-17,19-20H,1,9-13,18H2,2H3,(H,34,35,36). The second kappa shape index (κ2) is 12.3. The number of hydrogen-bond donors (Lipinski definition) is 1. The minimum Gasteiger partial charge on any atom is -0.496 e. The van der Waals surface area contributed by atoms with E-state index < -0.39 is 0 Å². The molecule has 40 heavy (non-hydrogen) atoms. The van der Waals surface area contributed by atoms with Gasteiger partial charge in [-0.2, -0.15) is 0 Å². The molecule has 1 amide bonds. The Morgan fingerprint density at radius 3 is 2.70 bits per heavy atom. The van der Waals surface area contributed by atoms with Gasteiger partial charge in [0, 0.05) is 30.2 Å². The zero-order valence-corrected chi connectivity index (χ0v) is 23.0. The number of carbonyl (C=O) groups excluding carboxylic acids is 1. The van der Waals surface area contributed by atoms with Crippen molar-refractivity contribution >= 4 is 39.9 Å². The van der Waals surface area contributed by atoms with Gasteiger partial charge in [-0.3, -0.25) is 4.79 Å². The van der Waals surface area contributed by atoms with Crippen LogP contribution in [0.2, 0.25) is 5.02 Å². The number of nitrogens with zero attached hydrogens (tertiary/aromatic N) is 3. The molecule has 0 bridgehead atoms. The average molecular weight is 561 g/mol. The number of benzene rings is 3. The quantitative estimate of drug-likeness (QED) is 0.229. The Kier molecular flexibility index (Phi) is 8.45. The summed E-state index contributed by atoms with van der Waals surface area (Å²) in [5.41, 5.74) is 3.28. The van der Waals surface area contributed by atoms with E-state index in [0.717, 1.165) is 60.3 Å². The lowest BCUT2D eigenvalue weighted by molar-refractivity contribution is -0.127. The second-order valence-corrected chi connectivity index (χ2v) is 10.2. The van der Waals surface area contributed by atoms with E-state index in [1.165, 1.54) is 24.5 Å². The summed E-state index contributed by atoms with van der Waals surface area (Å²) in [5, 5.41) is 4.64. The Balaban J connectivity index is 1.32. The highest BCUT2D eigenvalue weighted by Gasteiger charge is 2.23. The number of hydrogen-bond acceptors (Lipinski definition) is 6. The van der Waals surface area contributed by atoms with Crippen LogP contribution in [0.1, 0.15) is 24.0 Å². The Hall–Kier alpha value is -4.17. The minimum atomic E-state index is -0.310. The summed E-state index contributed by atoms with van der Waals surface area (Å²) in [5.74, 6) is 2.03. The van der Waals surface area contributed by atoms with E-state index in [1.54, 1.807) is 31.4 Å². The number of likely N-dealkylation sites (tertiary alicyclic amines) is 1. The molecule has 0 atom stereocenters. The molecule has 0 aliphatic carbocycles. The van der Waals surface area contributed by atoms with Crippen LogP contribution in [0.5, 0.6) is 11.5 Å². The van der Waals surface area contributed by atoms with Gasteiger partial charge in [0.2, 0.25) is 5.91 Å². The topological polar surface area (TPSA) is 76.6 Å². The maximum absolute atomic E-state index is 13.5. The molecule has 1 saturated heterocycles. The van der Waals surface area contributed by atoms with E-state index in [0.29, 0.717) is 28.1 Å². The van der Waals surface area contributed by atoms with E-state index in [-0.39, 0.29) is 18.3 Å². The van der Waals surface area contributed by atoms with Crippen molar-refractivity contribution in [1.29, 1.82) is 0 Å². The Bertz CT molecular complexity index is 1540. The first kappa shape index (κ1) is 27.4. The molecular formula is C31H30ClFN4O3. The first-order valence-electron chi connectivity index (χ1n) is 13.1. The van der Waals surface area contributed by atoms with Gasteiger partial charge in [-0.05, 0) is 78.8 Å². The number of fused-ring (bicyclic) bond motifs is 1. The van der Waals surface area contributed by atoms with Gasteiger partial charge in [-0.1, -0.05) is 30.3 Å². The van der Waals surface area contributed by atoms with Gasteiger partial charge in [0.1, 0.15) is 36.1 Å². The first-order valence-corrected chi connectivity index (χ1v) is 13.5. The smallest absolute Gasteiger partial charge is 0.245 e. The third kappa shape index (κ3) is 6.34. The molecule has 5 rings (SSSR count). The SMILES string of the molecule is C=CC(=O)N1CCC(Cc2cc3c(Nc4ccc(OCc5cccc(F)c5)c(Cl)c4)ncnc3cc2OC)CC1. The maximum atomic E-state index is 13.5. The van der Waals surface area contributed by atoms with Crippen LogP contribution in [0.25, 0.3) is 10.9 Å². The molecule has 206 valence electrons. The minimum absolute atomic E-state index is 0.0131. The summed E-state index contributed by atoms with van der Waals surface area (Å²) < 4.78 is 25.0. The predicted octanol–water partition coefficient (Wildman–Crippen LogP) is 6.72. The average Bonchev–Trinajstić information content (AvgIpc) is 2.97. The van der Waals surface area contributed by atoms with Crippen molar-refractivity contribution in [3.05, 3.63) is 95.5 Å². The summed E-state index contributed by atoms with van der Waals surface area (Å²) in [6, 6.07) is 15.7. The van der Waals surface area contributed by atoms with Crippen molar-refractivity contribution in [3.8, 4) is 11.5 Å². The number of anilines is 2. The summed E-state index contributed by atoms with van der Waals surface area (Å²) in [6.45, 7) is 5.25. The maximum Gasteiger partial charge on any atom is 0.245 e. The van der Waals surface area contributed by atoms with Gasteiger partial charge in [-0.25, -0.2) is 14.4 Å². The highest BCUT2D eigenvalue weighted by atomic mass is 35.5. The van der Waals surface area contributed by atoms with Gasteiger partial charge < -0.3 is 19.7 Å². The van der Waals surface area contributed by atoms with E-state index in [4.69, 9.17) is 21.1 Å². The normalized spacial score (nSPS) is 13.7. The Labute approximate surface area is 237 Å². The van der Waals surface area contributed by atoms with E-state index in [2.05, 4.69) is 27.9 Å². The first-order chi connectivity index (χ1) is 19.4. The summed E-state index contributed by atoms with van der Waals surface area (Å²) in [7, 11) is 1.66. The molecule has 4 aromatic rings. The zero-order chi connectivity index (χ0) is 28.1. The third-order valence-electron chi connectivity index (χ3n) is 7.12. The number of ether oxygens (including phenoxy) is 2. The summed E-state index contributed by atoms with van der Waals surface area (Å²) >= 11 is 6.51. The van der Waals surface area contributed by atoms with Crippen molar-refractivity contribution in [3.63, 3.8) is 0 Å². The molecular weight excluding hydrogens is 531 g/mol. The van der Waals surface area contributed by atoms with E-state index in [9.17, 15) is 9.18 Å². The van der Waals surface area contributed by atoms with Crippen LogP contribution in [-0.4, -0.2) is 41.0 Å². The molecule has 9 heteroatoms. The monoisotopic (exact) mass is 560 g/mol. The highest BCUT2D eigenvalue weighted by molar-refractivity contribution is 6.32. The predicted molar refractivity (Wildman–Crippen MR) is 155 cm³/mol. The number of rotatable bonds is 9. The Morgan fingerprint density at radius 2 is 1.98 bits per heavy atom. The van der Waals surface area contributed by atoms with Crippen molar-refractivity contribution in [2.45, 2.75) is 25.9 Å². The molecule has 3 aromatic carbocycles. The number of nitrogens with one attached hydrogen (secondary N) is 1. The molecule has 1 aromatic heterocycles. The lowest BCUT2D eigenvalue weighted by atomic mass is 9.89. The third-order valence-corrected chi connectivity index (χ3v) is 7.42. The zero-order valence-electron chi connectivity index (χ0n) is 22.2. The molecule has 1 N–H and O–H groups in total.